The summed E-state index contributed by atoms with van der Waals surface area (Å²) in [5.41, 5.74) is 0.626. The Morgan fingerprint density at radius 2 is 1.12 bits per heavy atom. The standard InChI is InChI=1S/C26H34O6S/c1-3-5-7-9-15-31-25(29)19-11-13-21(27)23(17-19)33-24-18-20(12-14-22(24)28)26(30)32-16-10-8-6-4-2/h11-14,17-18,27-28H,3-10,15-16H2,1-2H3. The van der Waals surface area contributed by atoms with E-state index >= 15 is 0 Å². The molecule has 0 saturated carbocycles. The molecule has 0 bridgehead atoms. The van der Waals surface area contributed by atoms with Crippen LogP contribution in [-0.2, 0) is 9.47 Å². The lowest BCUT2D eigenvalue weighted by atomic mass is 10.2. The molecule has 0 saturated heterocycles. The van der Waals surface area contributed by atoms with Crippen molar-refractivity contribution in [2.75, 3.05) is 13.2 Å². The molecule has 0 aliphatic carbocycles. The number of carbonyl (C=O) groups excluding carboxylic acids is 2. The molecular formula is C26H34O6S. The molecule has 0 radical (unpaired) electrons. The van der Waals surface area contributed by atoms with Gasteiger partial charge in [-0.25, -0.2) is 9.59 Å². The van der Waals surface area contributed by atoms with Gasteiger partial charge in [0.15, 0.2) is 0 Å². The molecule has 0 heterocycles. The number of ether oxygens (including phenoxy) is 2. The molecule has 6 nitrogen and oxygen atoms in total. The third-order valence-electron chi connectivity index (χ3n) is 5.07. The lowest BCUT2D eigenvalue weighted by molar-refractivity contribution is 0.0488. The summed E-state index contributed by atoms with van der Waals surface area (Å²) in [6, 6.07) is 8.88. The van der Waals surface area contributed by atoms with E-state index in [1.807, 2.05) is 0 Å². The minimum absolute atomic E-state index is 0.0391. The maximum atomic E-state index is 12.3. The zero-order valence-corrected chi connectivity index (χ0v) is 20.3. The Morgan fingerprint density at radius 1 is 0.697 bits per heavy atom. The molecule has 0 aliphatic rings. The van der Waals surface area contributed by atoms with Crippen LogP contribution in [0, 0.1) is 0 Å². The monoisotopic (exact) mass is 474 g/mol. The number of rotatable bonds is 14. The van der Waals surface area contributed by atoms with E-state index in [1.54, 1.807) is 0 Å². The second-order valence-corrected chi connectivity index (χ2v) is 8.94. The number of carbonyl (C=O) groups is 2. The number of esters is 2. The van der Waals surface area contributed by atoms with Gasteiger partial charge in [0, 0.05) is 0 Å². The average molecular weight is 475 g/mol. The van der Waals surface area contributed by atoms with Crippen LogP contribution in [0.25, 0.3) is 0 Å². The molecule has 2 rings (SSSR count). The van der Waals surface area contributed by atoms with E-state index in [2.05, 4.69) is 13.8 Å². The van der Waals surface area contributed by atoms with E-state index in [0.717, 1.165) is 63.1 Å². The predicted octanol–water partition coefficient (Wildman–Crippen LogP) is 6.72. The summed E-state index contributed by atoms with van der Waals surface area (Å²) in [4.78, 5) is 25.4. The topological polar surface area (TPSA) is 93.1 Å². The molecule has 0 aromatic heterocycles. The third kappa shape index (κ3) is 9.00. The second-order valence-electron chi connectivity index (χ2n) is 7.86. The van der Waals surface area contributed by atoms with Gasteiger partial charge in [-0.2, -0.15) is 0 Å². The SMILES string of the molecule is CCCCCCOC(=O)c1ccc(O)c(Sc2cc(C(=O)OCCCCCC)ccc2O)c1. The van der Waals surface area contributed by atoms with E-state index in [0.29, 0.717) is 34.1 Å². The number of hydrogen-bond acceptors (Lipinski definition) is 7. The van der Waals surface area contributed by atoms with Crippen molar-refractivity contribution >= 4 is 23.7 Å². The molecule has 0 spiro atoms. The highest BCUT2D eigenvalue weighted by molar-refractivity contribution is 7.99. The number of phenolic OH excluding ortho intramolecular Hbond substituents is 2. The van der Waals surface area contributed by atoms with Gasteiger partial charge < -0.3 is 19.7 Å². The maximum Gasteiger partial charge on any atom is 0.338 e. The van der Waals surface area contributed by atoms with Crippen molar-refractivity contribution in [1.82, 2.24) is 0 Å². The van der Waals surface area contributed by atoms with Crippen LogP contribution in [0.2, 0.25) is 0 Å². The lowest BCUT2D eigenvalue weighted by Crippen LogP contribution is -2.07. The molecule has 0 aliphatic heterocycles. The van der Waals surface area contributed by atoms with Gasteiger partial charge in [0.1, 0.15) is 11.5 Å². The Balaban J connectivity index is 2.04. The Morgan fingerprint density at radius 3 is 1.52 bits per heavy atom. The van der Waals surface area contributed by atoms with Crippen LogP contribution in [0.15, 0.2) is 46.2 Å². The van der Waals surface area contributed by atoms with E-state index in [4.69, 9.17) is 9.47 Å². The Hall–Kier alpha value is -2.67. The normalized spacial score (nSPS) is 10.7. The summed E-state index contributed by atoms with van der Waals surface area (Å²) in [7, 11) is 0. The first-order valence-electron chi connectivity index (χ1n) is 11.6. The molecule has 180 valence electrons. The predicted molar refractivity (Wildman–Crippen MR) is 129 cm³/mol. The number of hydrogen-bond donors (Lipinski definition) is 2. The van der Waals surface area contributed by atoms with Crippen LogP contribution in [0.1, 0.15) is 85.9 Å². The van der Waals surface area contributed by atoms with Gasteiger partial charge in [0.2, 0.25) is 0 Å². The minimum Gasteiger partial charge on any atom is -0.507 e. The first-order valence-corrected chi connectivity index (χ1v) is 12.5. The fourth-order valence-electron chi connectivity index (χ4n) is 3.12. The fraction of sp³-hybridized carbons (Fsp3) is 0.462. The van der Waals surface area contributed by atoms with E-state index in [1.165, 1.54) is 36.4 Å². The van der Waals surface area contributed by atoms with Gasteiger partial charge >= 0.3 is 11.9 Å². The van der Waals surface area contributed by atoms with Gasteiger partial charge in [-0.1, -0.05) is 64.1 Å². The van der Waals surface area contributed by atoms with Crippen molar-refractivity contribution in [2.45, 2.75) is 75.0 Å². The summed E-state index contributed by atoms with van der Waals surface area (Å²) in [5, 5.41) is 20.5. The quantitative estimate of drug-likeness (QED) is 0.232. The molecule has 0 fully saturated rings. The van der Waals surface area contributed by atoms with E-state index in [-0.39, 0.29) is 11.5 Å². The minimum atomic E-state index is -0.460. The fourth-order valence-corrected chi connectivity index (χ4v) is 4.07. The lowest BCUT2D eigenvalue weighted by Gasteiger charge is -2.11. The highest BCUT2D eigenvalue weighted by Crippen LogP contribution is 2.39. The van der Waals surface area contributed by atoms with Gasteiger partial charge in [-0.15, -0.1) is 0 Å². The van der Waals surface area contributed by atoms with Crippen LogP contribution >= 0.6 is 11.8 Å². The van der Waals surface area contributed by atoms with E-state index in [9.17, 15) is 19.8 Å². The molecule has 0 amide bonds. The van der Waals surface area contributed by atoms with Crippen molar-refractivity contribution in [1.29, 1.82) is 0 Å². The summed E-state index contributed by atoms with van der Waals surface area (Å²) in [5.74, 6) is -0.999. The average Bonchev–Trinajstić information content (AvgIpc) is 2.81. The maximum absolute atomic E-state index is 12.3. The Kier molecular flexibility index (Phi) is 11.7. The highest BCUT2D eigenvalue weighted by atomic mass is 32.2. The molecule has 2 N–H and O–H groups in total. The zero-order valence-electron chi connectivity index (χ0n) is 19.5. The van der Waals surface area contributed by atoms with Gasteiger partial charge in [-0.05, 0) is 49.2 Å². The highest BCUT2D eigenvalue weighted by Gasteiger charge is 2.16. The zero-order chi connectivity index (χ0) is 24.1. The molecule has 0 unspecified atom stereocenters. The molecule has 33 heavy (non-hydrogen) atoms. The third-order valence-corrected chi connectivity index (χ3v) is 6.17. The largest absolute Gasteiger partial charge is 0.507 e. The van der Waals surface area contributed by atoms with Gasteiger partial charge in [-0.3, -0.25) is 0 Å². The second kappa shape index (κ2) is 14.5. The summed E-state index contributed by atoms with van der Waals surface area (Å²) in [6.07, 6.45) is 8.07. The van der Waals surface area contributed by atoms with Crippen molar-refractivity contribution < 1.29 is 29.3 Å². The van der Waals surface area contributed by atoms with Crippen molar-refractivity contribution in [3.05, 3.63) is 47.5 Å². The Labute approximate surface area is 200 Å². The number of benzene rings is 2. The smallest absolute Gasteiger partial charge is 0.338 e. The summed E-state index contributed by atoms with van der Waals surface area (Å²) < 4.78 is 10.6. The number of unbranched alkanes of at least 4 members (excludes halogenated alkanes) is 6. The summed E-state index contributed by atoms with van der Waals surface area (Å²) >= 11 is 1.06. The molecule has 0 atom stereocenters. The van der Waals surface area contributed by atoms with Crippen molar-refractivity contribution in [2.24, 2.45) is 0 Å². The van der Waals surface area contributed by atoms with Crippen LogP contribution in [0.3, 0.4) is 0 Å². The van der Waals surface area contributed by atoms with Crippen LogP contribution < -0.4 is 0 Å². The van der Waals surface area contributed by atoms with Gasteiger partial charge in [0.05, 0.1) is 34.1 Å². The molecule has 2 aromatic rings. The van der Waals surface area contributed by atoms with Crippen molar-refractivity contribution in [3.63, 3.8) is 0 Å². The van der Waals surface area contributed by atoms with Crippen LogP contribution in [0.4, 0.5) is 0 Å². The molecular weight excluding hydrogens is 440 g/mol. The summed E-state index contributed by atoms with van der Waals surface area (Å²) in [6.45, 7) is 4.94. The van der Waals surface area contributed by atoms with Crippen molar-refractivity contribution in [3.8, 4) is 11.5 Å². The first kappa shape index (κ1) is 26.6. The number of aromatic hydroxyl groups is 2. The van der Waals surface area contributed by atoms with Crippen LogP contribution in [-0.4, -0.2) is 35.4 Å². The van der Waals surface area contributed by atoms with Gasteiger partial charge in [0.25, 0.3) is 0 Å². The molecule has 2 aromatic carbocycles. The molecule has 7 heteroatoms. The van der Waals surface area contributed by atoms with Crippen LogP contribution in [0.5, 0.6) is 11.5 Å². The Bertz CT molecular complexity index is 838. The number of phenols is 2. The first-order chi connectivity index (χ1) is 16.0. The van der Waals surface area contributed by atoms with E-state index < -0.39 is 11.9 Å².